The van der Waals surface area contributed by atoms with Crippen LogP contribution < -0.4 is 0 Å². The molecule has 41 heavy (non-hydrogen) atoms. The predicted molar refractivity (Wildman–Crippen MR) is 160 cm³/mol. The fourth-order valence-corrected chi connectivity index (χ4v) is 11.6. The molecule has 0 aromatic rings. The van der Waals surface area contributed by atoms with Crippen LogP contribution in [-0.4, -0.2) is 58.8 Å². The van der Waals surface area contributed by atoms with Gasteiger partial charge in [0.1, 0.15) is 5.76 Å². The van der Waals surface area contributed by atoms with E-state index >= 15 is 0 Å². The third-order valence-corrected chi connectivity index (χ3v) is 14.2. The van der Waals surface area contributed by atoms with Crippen molar-refractivity contribution in [3.8, 4) is 6.07 Å². The monoisotopic (exact) mass is 561 g/mol. The molecular weight excluding hydrogens is 510 g/mol. The number of piperazine rings is 1. The maximum Gasteiger partial charge on any atom is 0.236 e. The molecular formula is C35H51N3O3. The summed E-state index contributed by atoms with van der Waals surface area (Å²) >= 11 is 0. The molecule has 1 saturated heterocycles. The van der Waals surface area contributed by atoms with Crippen LogP contribution >= 0.6 is 0 Å². The summed E-state index contributed by atoms with van der Waals surface area (Å²) in [6.07, 6.45) is 9.72. The number of rotatable bonds is 1. The van der Waals surface area contributed by atoms with Crippen LogP contribution in [-0.2, 0) is 9.59 Å². The van der Waals surface area contributed by atoms with Crippen LogP contribution in [0.2, 0.25) is 0 Å². The van der Waals surface area contributed by atoms with Crippen LogP contribution in [0.5, 0.6) is 0 Å². The number of nitrogens with zero attached hydrogens (tertiary/aromatic N) is 3. The number of aliphatic hydroxyl groups is 1. The number of amides is 1. The van der Waals surface area contributed by atoms with Crippen molar-refractivity contribution in [3.63, 3.8) is 0 Å². The van der Waals surface area contributed by atoms with E-state index in [0.29, 0.717) is 18.5 Å². The van der Waals surface area contributed by atoms with Crippen LogP contribution in [0.4, 0.5) is 0 Å². The zero-order valence-corrected chi connectivity index (χ0v) is 26.7. The van der Waals surface area contributed by atoms with Crippen molar-refractivity contribution in [1.82, 2.24) is 9.80 Å². The molecule has 6 nitrogen and oxygen atoms in total. The van der Waals surface area contributed by atoms with E-state index in [-0.39, 0.29) is 62.4 Å². The van der Waals surface area contributed by atoms with E-state index in [1.807, 2.05) is 18.0 Å². The molecule has 6 heteroatoms. The second-order valence-corrected chi connectivity index (χ2v) is 16.8. The number of carbonyl (C=O) groups excluding carboxylic acids is 2. The summed E-state index contributed by atoms with van der Waals surface area (Å²) < 4.78 is 0. The van der Waals surface area contributed by atoms with Crippen LogP contribution in [0.25, 0.3) is 0 Å². The average Bonchev–Trinajstić information content (AvgIpc) is 2.89. The SMILES string of the molecule is CN1CCN([C@]23CCC(C)(C)C[C@H]2[C@H]2C(=O)C=C4[C@@]5(C)CC(C#N)=C(O)C(C)(C)[C@@H]5CC[C@@]4(C)[C@]2(C)CC3)CC1=O. The fourth-order valence-electron chi connectivity index (χ4n) is 11.6. The van der Waals surface area contributed by atoms with Crippen molar-refractivity contribution < 1.29 is 14.7 Å². The first-order valence-corrected chi connectivity index (χ1v) is 16.1. The van der Waals surface area contributed by atoms with Gasteiger partial charge in [0.25, 0.3) is 0 Å². The number of aliphatic hydroxyl groups excluding tert-OH is 1. The molecule has 0 unspecified atom stereocenters. The van der Waals surface area contributed by atoms with Gasteiger partial charge in [-0.3, -0.25) is 14.5 Å². The maximum atomic E-state index is 14.7. The predicted octanol–water partition coefficient (Wildman–Crippen LogP) is 6.44. The Balaban J connectivity index is 1.48. The molecule has 224 valence electrons. The van der Waals surface area contributed by atoms with Gasteiger partial charge in [-0.1, -0.05) is 54.0 Å². The number of likely N-dealkylation sites (N-methyl/N-ethyl adjacent to an activating group) is 1. The minimum Gasteiger partial charge on any atom is -0.511 e. The minimum absolute atomic E-state index is 0.0736. The highest BCUT2D eigenvalue weighted by atomic mass is 16.3. The molecule has 3 saturated carbocycles. The molecule has 0 bridgehead atoms. The van der Waals surface area contributed by atoms with Crippen molar-refractivity contribution in [2.24, 2.45) is 44.8 Å². The van der Waals surface area contributed by atoms with Gasteiger partial charge in [0.2, 0.25) is 5.91 Å². The highest BCUT2D eigenvalue weighted by molar-refractivity contribution is 5.95. The lowest BCUT2D eigenvalue weighted by atomic mass is 9.34. The fraction of sp³-hybridized carbons (Fsp3) is 0.800. The van der Waals surface area contributed by atoms with Crippen molar-refractivity contribution in [2.75, 3.05) is 26.7 Å². The molecule has 6 rings (SSSR count). The van der Waals surface area contributed by atoms with Gasteiger partial charge in [-0.05, 0) is 90.9 Å². The maximum absolute atomic E-state index is 14.7. The molecule has 0 aromatic heterocycles. The van der Waals surface area contributed by atoms with Gasteiger partial charge in [-0.15, -0.1) is 0 Å². The van der Waals surface area contributed by atoms with Gasteiger partial charge < -0.3 is 10.0 Å². The van der Waals surface area contributed by atoms with Gasteiger partial charge >= 0.3 is 0 Å². The standard InChI is InChI=1S/C35H51N3O3/c1-30(2)11-13-35(38-16-15-37(8)27(40)21-38)14-12-34(7)28(23(35)19-30)24(39)17-26-32(5)18-22(20-36)29(41)31(3,4)25(32)9-10-33(26,34)6/h17,23,25,28,41H,9-16,18-19,21H2,1-8H3/t23-,25-,28-,32-,33+,34+,35-/m0/s1. The molecule has 1 aliphatic heterocycles. The molecule has 0 radical (unpaired) electrons. The van der Waals surface area contributed by atoms with Gasteiger partial charge in [-0.25, -0.2) is 0 Å². The average molecular weight is 562 g/mol. The summed E-state index contributed by atoms with van der Waals surface area (Å²) in [4.78, 5) is 32.0. The molecule has 1 heterocycles. The molecule has 1 amide bonds. The molecule has 7 atom stereocenters. The summed E-state index contributed by atoms with van der Waals surface area (Å²) in [7, 11) is 1.91. The van der Waals surface area contributed by atoms with Crippen LogP contribution in [0.1, 0.15) is 99.8 Å². The summed E-state index contributed by atoms with van der Waals surface area (Å²) in [6, 6.07) is 2.33. The lowest BCUT2D eigenvalue weighted by molar-refractivity contribution is -0.184. The Bertz CT molecular complexity index is 1300. The number of carbonyl (C=O) groups is 2. The topological polar surface area (TPSA) is 84.6 Å². The second-order valence-electron chi connectivity index (χ2n) is 16.8. The molecule has 1 N–H and O–H groups in total. The third kappa shape index (κ3) is 3.63. The number of ketones is 1. The van der Waals surface area contributed by atoms with Gasteiger partial charge in [0.15, 0.2) is 5.78 Å². The molecule has 4 fully saturated rings. The van der Waals surface area contributed by atoms with Crippen molar-refractivity contribution >= 4 is 11.7 Å². The number of hydrogen-bond donors (Lipinski definition) is 1. The van der Waals surface area contributed by atoms with Gasteiger partial charge in [0, 0.05) is 37.0 Å². The Morgan fingerprint density at radius 1 is 0.976 bits per heavy atom. The Morgan fingerprint density at radius 3 is 2.32 bits per heavy atom. The second kappa shape index (κ2) is 8.71. The van der Waals surface area contributed by atoms with E-state index in [2.05, 4.69) is 59.4 Å². The first-order valence-electron chi connectivity index (χ1n) is 16.1. The largest absolute Gasteiger partial charge is 0.511 e. The first-order chi connectivity index (χ1) is 19.0. The van der Waals surface area contributed by atoms with Crippen LogP contribution in [0.3, 0.4) is 0 Å². The van der Waals surface area contributed by atoms with Gasteiger partial charge in [0.05, 0.1) is 18.2 Å². The van der Waals surface area contributed by atoms with E-state index in [1.165, 1.54) is 5.57 Å². The van der Waals surface area contributed by atoms with E-state index in [9.17, 15) is 20.0 Å². The van der Waals surface area contributed by atoms with E-state index in [0.717, 1.165) is 58.0 Å². The lowest BCUT2D eigenvalue weighted by Gasteiger charge is -2.71. The summed E-state index contributed by atoms with van der Waals surface area (Å²) in [5.41, 5.74) is 0.559. The molecule has 0 aromatic carbocycles. The quantitative estimate of drug-likeness (QED) is 0.398. The minimum atomic E-state index is -0.510. The van der Waals surface area contributed by atoms with E-state index in [4.69, 9.17) is 0 Å². The molecule has 6 aliphatic rings. The normalized spacial score (nSPS) is 45.6. The number of nitriles is 1. The van der Waals surface area contributed by atoms with Gasteiger partial charge in [-0.2, -0.15) is 5.26 Å². The summed E-state index contributed by atoms with van der Waals surface area (Å²) in [5.74, 6) is 1.02. The number of allylic oxidation sites excluding steroid dienone is 4. The molecule has 0 spiro atoms. The third-order valence-electron chi connectivity index (χ3n) is 14.2. The Kier molecular flexibility index (Phi) is 6.15. The van der Waals surface area contributed by atoms with E-state index < -0.39 is 5.41 Å². The van der Waals surface area contributed by atoms with Crippen molar-refractivity contribution in [3.05, 3.63) is 23.0 Å². The molecule has 5 aliphatic carbocycles. The van der Waals surface area contributed by atoms with Crippen molar-refractivity contribution in [2.45, 2.75) is 105 Å². The number of hydrogen-bond acceptors (Lipinski definition) is 5. The Morgan fingerprint density at radius 2 is 1.66 bits per heavy atom. The Hall–Kier alpha value is -2.13. The lowest BCUT2D eigenvalue weighted by Crippen LogP contribution is -2.71. The van der Waals surface area contributed by atoms with E-state index in [1.54, 1.807) is 0 Å². The zero-order chi connectivity index (χ0) is 30.0. The van der Waals surface area contributed by atoms with Crippen molar-refractivity contribution in [1.29, 1.82) is 5.26 Å². The van der Waals surface area contributed by atoms with Crippen LogP contribution in [0.15, 0.2) is 23.0 Å². The van der Waals surface area contributed by atoms with Crippen LogP contribution in [0, 0.1) is 56.2 Å². The summed E-state index contributed by atoms with van der Waals surface area (Å²) in [5, 5.41) is 21.1. The highest BCUT2D eigenvalue weighted by Crippen LogP contribution is 2.74. The summed E-state index contributed by atoms with van der Waals surface area (Å²) in [6.45, 7) is 18.1. The Labute approximate surface area is 247 Å². The highest BCUT2D eigenvalue weighted by Gasteiger charge is 2.70. The smallest absolute Gasteiger partial charge is 0.236 e. The number of fused-ring (bicyclic) bond motifs is 7. The first kappa shape index (κ1) is 29.0. The zero-order valence-electron chi connectivity index (χ0n) is 26.7.